The number of rotatable bonds is 0. The number of hydrogen-bond donors (Lipinski definition) is 0. The molecule has 3 aliphatic rings. The van der Waals surface area contributed by atoms with Crippen molar-refractivity contribution in [2.75, 3.05) is 20.2 Å². The van der Waals surface area contributed by atoms with Crippen LogP contribution in [-0.4, -0.2) is 37.2 Å². The SMILES string of the molecule is CC.CN1CC2CCCC1CO2. The van der Waals surface area contributed by atoms with Crippen molar-refractivity contribution in [2.45, 2.75) is 45.3 Å². The van der Waals surface area contributed by atoms with E-state index in [0.717, 1.165) is 19.2 Å². The summed E-state index contributed by atoms with van der Waals surface area (Å²) >= 11 is 0. The molecule has 0 N–H and O–H groups in total. The number of likely N-dealkylation sites (N-methyl/N-ethyl adjacent to an activating group) is 1. The molecule has 72 valence electrons. The molecule has 3 saturated heterocycles. The van der Waals surface area contributed by atoms with E-state index in [1.807, 2.05) is 13.8 Å². The molecule has 0 amide bonds. The van der Waals surface area contributed by atoms with Gasteiger partial charge in [-0.1, -0.05) is 13.8 Å². The molecular weight excluding hydrogens is 150 g/mol. The molecule has 3 heterocycles. The van der Waals surface area contributed by atoms with Crippen LogP contribution in [0.2, 0.25) is 0 Å². The van der Waals surface area contributed by atoms with E-state index >= 15 is 0 Å². The first kappa shape index (κ1) is 10.0. The molecule has 2 atom stereocenters. The highest BCUT2D eigenvalue weighted by atomic mass is 16.5. The van der Waals surface area contributed by atoms with E-state index < -0.39 is 0 Å². The standard InChI is InChI=1S/C8H15NO.C2H6/c1-9-5-8-4-2-3-7(9)6-10-8;1-2/h7-8H,2-6H2,1H3;1-2H3. The van der Waals surface area contributed by atoms with Gasteiger partial charge in [-0.3, -0.25) is 4.90 Å². The molecule has 0 spiro atoms. The van der Waals surface area contributed by atoms with Crippen LogP contribution in [0, 0.1) is 0 Å². The normalized spacial score (nSPS) is 35.2. The van der Waals surface area contributed by atoms with E-state index in [1.54, 1.807) is 0 Å². The third-order valence-corrected chi connectivity index (χ3v) is 2.70. The van der Waals surface area contributed by atoms with Crippen LogP contribution in [0.3, 0.4) is 0 Å². The molecule has 0 radical (unpaired) electrons. The molecule has 0 aromatic heterocycles. The molecule has 3 aliphatic heterocycles. The van der Waals surface area contributed by atoms with Gasteiger partial charge in [-0.25, -0.2) is 0 Å². The van der Waals surface area contributed by atoms with Crippen LogP contribution < -0.4 is 0 Å². The van der Waals surface area contributed by atoms with E-state index in [4.69, 9.17) is 4.74 Å². The molecule has 3 fully saturated rings. The lowest BCUT2D eigenvalue weighted by molar-refractivity contribution is -0.0395. The summed E-state index contributed by atoms with van der Waals surface area (Å²) in [6.45, 7) is 6.13. The molecule has 2 nitrogen and oxygen atoms in total. The van der Waals surface area contributed by atoms with Gasteiger partial charge in [0.25, 0.3) is 0 Å². The van der Waals surface area contributed by atoms with E-state index in [1.165, 1.54) is 19.3 Å². The summed E-state index contributed by atoms with van der Waals surface area (Å²) in [5, 5.41) is 0. The maximum Gasteiger partial charge on any atom is 0.0702 e. The van der Waals surface area contributed by atoms with Crippen molar-refractivity contribution in [1.82, 2.24) is 4.90 Å². The van der Waals surface area contributed by atoms with Crippen molar-refractivity contribution in [3.8, 4) is 0 Å². The van der Waals surface area contributed by atoms with Crippen LogP contribution in [0.1, 0.15) is 33.1 Å². The average molecular weight is 171 g/mol. The maximum atomic E-state index is 5.63. The largest absolute Gasteiger partial charge is 0.375 e. The first-order valence-electron chi connectivity index (χ1n) is 5.18. The zero-order valence-corrected chi connectivity index (χ0v) is 8.55. The summed E-state index contributed by atoms with van der Waals surface area (Å²) in [6.07, 6.45) is 4.52. The predicted molar refractivity (Wildman–Crippen MR) is 51.4 cm³/mol. The third kappa shape index (κ3) is 2.20. The minimum Gasteiger partial charge on any atom is -0.375 e. The Hall–Kier alpha value is -0.0800. The molecule has 3 rings (SSSR count). The van der Waals surface area contributed by atoms with Crippen LogP contribution in [-0.2, 0) is 4.74 Å². The van der Waals surface area contributed by atoms with Crippen molar-refractivity contribution >= 4 is 0 Å². The highest BCUT2D eigenvalue weighted by Crippen LogP contribution is 2.23. The van der Waals surface area contributed by atoms with Gasteiger partial charge in [0.1, 0.15) is 0 Å². The number of hydrogen-bond acceptors (Lipinski definition) is 2. The molecule has 2 bridgehead atoms. The van der Waals surface area contributed by atoms with Crippen molar-refractivity contribution in [3.05, 3.63) is 0 Å². The van der Waals surface area contributed by atoms with Gasteiger partial charge < -0.3 is 4.74 Å². The predicted octanol–water partition coefficient (Wildman–Crippen LogP) is 1.90. The fourth-order valence-electron chi connectivity index (χ4n) is 1.96. The lowest BCUT2D eigenvalue weighted by atomic mass is 10.1. The Bertz CT molecular complexity index is 123. The van der Waals surface area contributed by atoms with Crippen molar-refractivity contribution in [2.24, 2.45) is 0 Å². The maximum absolute atomic E-state index is 5.63. The first-order valence-corrected chi connectivity index (χ1v) is 5.18. The lowest BCUT2D eigenvalue weighted by Gasteiger charge is -2.33. The summed E-state index contributed by atoms with van der Waals surface area (Å²) < 4.78 is 5.63. The Morgan fingerprint density at radius 2 is 2.00 bits per heavy atom. The van der Waals surface area contributed by atoms with E-state index in [2.05, 4.69) is 11.9 Å². The Morgan fingerprint density at radius 1 is 1.25 bits per heavy atom. The molecule has 2 unspecified atom stereocenters. The van der Waals surface area contributed by atoms with Crippen molar-refractivity contribution in [1.29, 1.82) is 0 Å². The zero-order valence-electron chi connectivity index (χ0n) is 8.55. The van der Waals surface area contributed by atoms with E-state index in [-0.39, 0.29) is 0 Å². The highest BCUT2D eigenvalue weighted by molar-refractivity contribution is 4.82. The summed E-state index contributed by atoms with van der Waals surface area (Å²) in [5.74, 6) is 0. The highest BCUT2D eigenvalue weighted by Gasteiger charge is 2.29. The van der Waals surface area contributed by atoms with E-state index in [0.29, 0.717) is 6.10 Å². The minimum absolute atomic E-state index is 0.545. The third-order valence-electron chi connectivity index (χ3n) is 2.70. The topological polar surface area (TPSA) is 12.5 Å². The van der Waals surface area contributed by atoms with Gasteiger partial charge in [-0.15, -0.1) is 0 Å². The fourth-order valence-corrected chi connectivity index (χ4v) is 1.96. The molecular formula is C10H21NO. The first-order chi connectivity index (χ1) is 5.86. The van der Waals surface area contributed by atoms with Crippen LogP contribution in [0.4, 0.5) is 0 Å². The van der Waals surface area contributed by atoms with Crippen molar-refractivity contribution in [3.63, 3.8) is 0 Å². The summed E-state index contributed by atoms with van der Waals surface area (Å²) in [4.78, 5) is 2.45. The van der Waals surface area contributed by atoms with Gasteiger partial charge in [0.05, 0.1) is 12.7 Å². The van der Waals surface area contributed by atoms with Crippen molar-refractivity contribution < 1.29 is 4.74 Å². The minimum atomic E-state index is 0.545. The number of morpholine rings is 1. The summed E-state index contributed by atoms with van der Waals surface area (Å²) in [6, 6.07) is 0.721. The number of fused-ring (bicyclic) bond motifs is 4. The van der Waals surface area contributed by atoms with Gasteiger partial charge in [0.2, 0.25) is 0 Å². The Kier molecular flexibility index (Phi) is 4.02. The second-order valence-electron chi connectivity index (χ2n) is 3.48. The second-order valence-corrected chi connectivity index (χ2v) is 3.48. The van der Waals surface area contributed by atoms with Crippen LogP contribution in [0.5, 0.6) is 0 Å². The Morgan fingerprint density at radius 3 is 2.67 bits per heavy atom. The molecule has 2 heteroatoms. The molecule has 0 aromatic rings. The lowest BCUT2D eigenvalue weighted by Crippen LogP contribution is -2.44. The average Bonchev–Trinajstić information content (AvgIpc) is 2.42. The van der Waals surface area contributed by atoms with E-state index in [9.17, 15) is 0 Å². The molecule has 0 saturated carbocycles. The van der Waals surface area contributed by atoms with Crippen LogP contribution in [0.15, 0.2) is 0 Å². The Balaban J connectivity index is 0.000000336. The smallest absolute Gasteiger partial charge is 0.0702 e. The zero-order chi connectivity index (χ0) is 8.97. The van der Waals surface area contributed by atoms with Gasteiger partial charge in [-0.2, -0.15) is 0 Å². The van der Waals surface area contributed by atoms with Crippen LogP contribution >= 0.6 is 0 Å². The number of ether oxygens (including phenoxy) is 1. The Labute approximate surface area is 75.9 Å². The molecule has 0 aliphatic carbocycles. The quantitative estimate of drug-likeness (QED) is 0.552. The fraction of sp³-hybridized carbons (Fsp3) is 1.00. The number of nitrogens with zero attached hydrogens (tertiary/aromatic N) is 1. The van der Waals surface area contributed by atoms with Gasteiger partial charge in [0, 0.05) is 12.6 Å². The van der Waals surface area contributed by atoms with Gasteiger partial charge in [-0.05, 0) is 26.3 Å². The van der Waals surface area contributed by atoms with Gasteiger partial charge in [0.15, 0.2) is 0 Å². The molecule has 0 aromatic carbocycles. The van der Waals surface area contributed by atoms with Crippen LogP contribution in [0.25, 0.3) is 0 Å². The monoisotopic (exact) mass is 171 g/mol. The summed E-state index contributed by atoms with van der Waals surface area (Å²) in [5.41, 5.74) is 0. The second kappa shape index (κ2) is 4.83. The summed E-state index contributed by atoms with van der Waals surface area (Å²) in [7, 11) is 2.21. The molecule has 12 heavy (non-hydrogen) atoms. The van der Waals surface area contributed by atoms with Gasteiger partial charge >= 0.3 is 0 Å².